The molecule has 1 aliphatic carbocycles. The molecule has 27 heavy (non-hydrogen) atoms. The Labute approximate surface area is 162 Å². The van der Waals surface area contributed by atoms with Crippen molar-refractivity contribution in [1.29, 1.82) is 5.26 Å². The van der Waals surface area contributed by atoms with Gasteiger partial charge in [-0.15, -0.1) is 5.10 Å². The highest BCUT2D eigenvalue weighted by atomic mass is 32.2. The summed E-state index contributed by atoms with van der Waals surface area (Å²) >= 11 is 1.20. The van der Waals surface area contributed by atoms with Crippen molar-refractivity contribution in [2.24, 2.45) is 0 Å². The van der Waals surface area contributed by atoms with Gasteiger partial charge in [0.25, 0.3) is 0 Å². The van der Waals surface area contributed by atoms with Crippen LogP contribution in [0.1, 0.15) is 39.0 Å². The molecule has 1 aliphatic rings. The fourth-order valence-electron chi connectivity index (χ4n) is 3.42. The molecule has 0 spiro atoms. The van der Waals surface area contributed by atoms with Crippen LogP contribution in [0.3, 0.4) is 0 Å². The van der Waals surface area contributed by atoms with Crippen molar-refractivity contribution in [2.45, 2.75) is 55.0 Å². The minimum atomic E-state index is -0.721. The second-order valence-corrected chi connectivity index (χ2v) is 8.12. The molecular formula is C19H22FN5OS. The Morgan fingerprint density at radius 3 is 2.74 bits per heavy atom. The molecule has 0 bridgehead atoms. The molecule has 142 valence electrons. The molecule has 0 radical (unpaired) electrons. The molecule has 2 aromatic rings. The summed E-state index contributed by atoms with van der Waals surface area (Å²) in [7, 11) is 1.71. The lowest BCUT2D eigenvalue weighted by Gasteiger charge is -2.39. The highest BCUT2D eigenvalue weighted by Crippen LogP contribution is 2.34. The summed E-state index contributed by atoms with van der Waals surface area (Å²) in [5, 5.41) is 16.4. The molecule has 0 aliphatic heterocycles. The van der Waals surface area contributed by atoms with Gasteiger partial charge < -0.3 is 4.90 Å². The molecule has 1 saturated carbocycles. The third kappa shape index (κ3) is 3.98. The van der Waals surface area contributed by atoms with E-state index in [0.29, 0.717) is 29.4 Å². The number of amides is 1. The first-order valence-electron chi connectivity index (χ1n) is 9.00. The van der Waals surface area contributed by atoms with Crippen LogP contribution >= 0.6 is 11.8 Å². The van der Waals surface area contributed by atoms with Gasteiger partial charge in [-0.3, -0.25) is 9.89 Å². The fourth-order valence-corrected chi connectivity index (χ4v) is 4.24. The number of hydrogen-bond acceptors (Lipinski definition) is 5. The van der Waals surface area contributed by atoms with Gasteiger partial charge in [0.1, 0.15) is 11.4 Å². The van der Waals surface area contributed by atoms with Crippen LogP contribution in [0.2, 0.25) is 0 Å². The summed E-state index contributed by atoms with van der Waals surface area (Å²) < 4.78 is 13.9. The van der Waals surface area contributed by atoms with Crippen molar-refractivity contribution in [1.82, 2.24) is 20.1 Å². The van der Waals surface area contributed by atoms with E-state index >= 15 is 0 Å². The first-order valence-corrected chi connectivity index (χ1v) is 9.88. The maximum absolute atomic E-state index is 13.9. The average Bonchev–Trinajstić information content (AvgIpc) is 3.15. The topological polar surface area (TPSA) is 85.7 Å². The molecule has 3 rings (SSSR count). The summed E-state index contributed by atoms with van der Waals surface area (Å²) in [5.74, 6) is -0.188. The van der Waals surface area contributed by atoms with Gasteiger partial charge >= 0.3 is 0 Å². The number of carbonyl (C=O) groups excluding carboxylic acids is 1. The smallest absolute Gasteiger partial charge is 0.236 e. The van der Waals surface area contributed by atoms with Gasteiger partial charge in [0.05, 0.1) is 16.9 Å². The van der Waals surface area contributed by atoms with Crippen LogP contribution in [0.5, 0.6) is 0 Å². The zero-order valence-corrected chi connectivity index (χ0v) is 16.2. The third-order valence-corrected chi connectivity index (χ3v) is 6.03. The summed E-state index contributed by atoms with van der Waals surface area (Å²) in [6.07, 6.45) is 4.44. The van der Waals surface area contributed by atoms with Crippen LogP contribution in [-0.4, -0.2) is 43.8 Å². The van der Waals surface area contributed by atoms with E-state index < -0.39 is 10.8 Å². The van der Waals surface area contributed by atoms with Crippen molar-refractivity contribution < 1.29 is 9.18 Å². The first-order chi connectivity index (χ1) is 13.0. The lowest BCUT2D eigenvalue weighted by atomic mass is 9.81. The number of nitriles is 1. The van der Waals surface area contributed by atoms with Crippen LogP contribution in [0, 0.1) is 17.1 Å². The Morgan fingerprint density at radius 2 is 2.07 bits per heavy atom. The van der Waals surface area contributed by atoms with Crippen LogP contribution in [0.25, 0.3) is 11.4 Å². The van der Waals surface area contributed by atoms with E-state index in [-0.39, 0.29) is 11.7 Å². The number of aromatic amines is 1. The minimum absolute atomic E-state index is 0.124. The van der Waals surface area contributed by atoms with Crippen LogP contribution in [0.15, 0.2) is 29.4 Å². The predicted octanol–water partition coefficient (Wildman–Crippen LogP) is 3.78. The monoisotopic (exact) mass is 387 g/mol. The number of benzene rings is 1. The lowest BCUT2D eigenvalue weighted by Crippen LogP contribution is -2.52. The number of nitrogens with zero attached hydrogens (tertiary/aromatic N) is 4. The van der Waals surface area contributed by atoms with Gasteiger partial charge in [0, 0.05) is 7.05 Å². The number of carbonyl (C=O) groups is 1. The van der Waals surface area contributed by atoms with Gasteiger partial charge in [-0.2, -0.15) is 5.26 Å². The molecule has 1 aromatic carbocycles. The zero-order chi connectivity index (χ0) is 19.4. The molecule has 0 unspecified atom stereocenters. The fraction of sp³-hybridized carbons (Fsp3) is 0.474. The van der Waals surface area contributed by atoms with Crippen molar-refractivity contribution in [3.63, 3.8) is 0 Å². The lowest BCUT2D eigenvalue weighted by molar-refractivity contribution is -0.133. The van der Waals surface area contributed by atoms with Gasteiger partial charge in [-0.1, -0.05) is 43.2 Å². The Balaban J connectivity index is 1.70. The predicted molar refractivity (Wildman–Crippen MR) is 101 cm³/mol. The molecule has 1 aromatic heterocycles. The summed E-state index contributed by atoms with van der Waals surface area (Å²) in [6, 6.07) is 8.67. The van der Waals surface area contributed by atoms with Crippen molar-refractivity contribution in [2.75, 3.05) is 7.05 Å². The van der Waals surface area contributed by atoms with Crippen LogP contribution < -0.4 is 0 Å². The Kier molecular flexibility index (Phi) is 5.80. The van der Waals surface area contributed by atoms with E-state index in [1.807, 2.05) is 0 Å². The van der Waals surface area contributed by atoms with Gasteiger partial charge in [-0.05, 0) is 31.9 Å². The third-order valence-electron chi connectivity index (χ3n) is 5.09. The zero-order valence-electron chi connectivity index (χ0n) is 15.4. The van der Waals surface area contributed by atoms with Crippen molar-refractivity contribution >= 4 is 17.7 Å². The van der Waals surface area contributed by atoms with E-state index in [0.717, 1.165) is 19.3 Å². The summed E-state index contributed by atoms with van der Waals surface area (Å²) in [5.41, 5.74) is -0.389. The van der Waals surface area contributed by atoms with E-state index in [9.17, 15) is 14.4 Å². The summed E-state index contributed by atoms with van der Waals surface area (Å²) in [6.45, 7) is 1.77. The SMILES string of the molecule is C[C@H](Sc1n[nH]c(-c2ccccc2F)n1)C(=O)N(C)C1(C#N)CCCCC1. The Hall–Kier alpha value is -2.40. The number of hydrogen-bond donors (Lipinski definition) is 1. The number of aromatic nitrogens is 3. The molecule has 1 heterocycles. The molecular weight excluding hydrogens is 365 g/mol. The van der Waals surface area contributed by atoms with E-state index in [2.05, 4.69) is 21.3 Å². The average molecular weight is 387 g/mol. The molecule has 0 saturated heterocycles. The molecule has 1 amide bonds. The molecule has 6 nitrogen and oxygen atoms in total. The maximum Gasteiger partial charge on any atom is 0.236 e. The van der Waals surface area contributed by atoms with Gasteiger partial charge in [0.2, 0.25) is 11.1 Å². The largest absolute Gasteiger partial charge is 0.326 e. The highest BCUT2D eigenvalue weighted by molar-refractivity contribution is 8.00. The number of thioether (sulfide) groups is 1. The minimum Gasteiger partial charge on any atom is -0.326 e. The quantitative estimate of drug-likeness (QED) is 0.789. The van der Waals surface area contributed by atoms with E-state index in [1.54, 1.807) is 37.1 Å². The van der Waals surface area contributed by atoms with Crippen molar-refractivity contribution in [3.8, 4) is 17.5 Å². The number of H-pyrrole nitrogens is 1. The highest BCUT2D eigenvalue weighted by Gasteiger charge is 2.40. The van der Waals surface area contributed by atoms with Gasteiger partial charge in [0.15, 0.2) is 5.82 Å². The van der Waals surface area contributed by atoms with E-state index in [4.69, 9.17) is 0 Å². The Morgan fingerprint density at radius 1 is 1.37 bits per heavy atom. The molecule has 1 N–H and O–H groups in total. The normalized spacial score (nSPS) is 17.1. The second-order valence-electron chi connectivity index (χ2n) is 6.81. The summed E-state index contributed by atoms with van der Waals surface area (Å²) in [4.78, 5) is 18.8. The van der Waals surface area contributed by atoms with Crippen molar-refractivity contribution in [3.05, 3.63) is 30.1 Å². The Bertz CT molecular complexity index is 856. The van der Waals surface area contributed by atoms with E-state index in [1.165, 1.54) is 17.8 Å². The number of nitrogens with one attached hydrogen (secondary N) is 1. The van der Waals surface area contributed by atoms with Crippen LogP contribution in [0.4, 0.5) is 4.39 Å². The standard InChI is InChI=1S/C19H22FN5OS/c1-13(17(26)25(2)19(12-21)10-6-3-7-11-19)27-18-22-16(23-24-18)14-8-4-5-9-15(14)20/h4-5,8-9,13H,3,6-7,10-11H2,1-2H3,(H,22,23,24)/t13-/m0/s1. The molecule has 1 atom stereocenters. The number of halogens is 1. The van der Waals surface area contributed by atoms with Crippen LogP contribution in [-0.2, 0) is 4.79 Å². The first kappa shape index (κ1) is 19.4. The molecule has 8 heteroatoms. The number of rotatable bonds is 5. The molecule has 1 fully saturated rings. The second kappa shape index (κ2) is 8.09. The maximum atomic E-state index is 13.9. The van der Waals surface area contributed by atoms with Gasteiger partial charge in [-0.25, -0.2) is 9.37 Å².